The summed E-state index contributed by atoms with van der Waals surface area (Å²) in [7, 11) is -3.67. The number of nitrogens with one attached hydrogen (secondary N) is 5. The Morgan fingerprint density at radius 3 is 2.47 bits per heavy atom. The van der Waals surface area contributed by atoms with Gasteiger partial charge in [-0.2, -0.15) is 0 Å². The second-order valence-corrected chi connectivity index (χ2v) is 10.3. The molecule has 10 heteroatoms. The van der Waals surface area contributed by atoms with Gasteiger partial charge in [0, 0.05) is 35.8 Å². The molecule has 0 atom stereocenters. The maximum Gasteiger partial charge on any atom is 0.252 e. The second-order valence-electron chi connectivity index (χ2n) is 8.53. The lowest BCUT2D eigenvalue weighted by molar-refractivity contribution is -0.128. The van der Waals surface area contributed by atoms with Gasteiger partial charge in [-0.1, -0.05) is 17.7 Å². The van der Waals surface area contributed by atoms with E-state index >= 15 is 0 Å². The number of carbonyl (C=O) groups excluding carboxylic acids is 2. The molecule has 1 aromatic heterocycles. The molecule has 3 aromatic rings. The smallest absolute Gasteiger partial charge is 0.252 e. The number of aryl methyl sites for hydroxylation is 1. The van der Waals surface area contributed by atoms with Crippen LogP contribution in [-0.2, 0) is 14.8 Å². The van der Waals surface area contributed by atoms with Crippen molar-refractivity contribution in [1.82, 2.24) is 25.7 Å². The van der Waals surface area contributed by atoms with Crippen LogP contribution in [0, 0.1) is 6.92 Å². The molecule has 1 saturated heterocycles. The summed E-state index contributed by atoms with van der Waals surface area (Å²) >= 11 is 0. The maximum absolute atomic E-state index is 13.2. The number of hydrogen-bond donors (Lipinski definition) is 5. The third-order valence-electron chi connectivity index (χ3n) is 6.09. The number of sulfonamides is 1. The molecule has 34 heavy (non-hydrogen) atoms. The predicted octanol–water partition coefficient (Wildman–Crippen LogP) is 1.42. The van der Waals surface area contributed by atoms with Crippen molar-refractivity contribution in [1.29, 1.82) is 0 Å². The average molecular weight is 484 g/mol. The van der Waals surface area contributed by atoms with Crippen LogP contribution < -0.4 is 20.7 Å². The molecule has 1 aliphatic rings. The summed E-state index contributed by atoms with van der Waals surface area (Å²) in [6.45, 7) is 3.20. The molecule has 5 N–H and O–H groups in total. The molecule has 0 aliphatic carbocycles. The molecule has 2 aromatic carbocycles. The zero-order valence-electron chi connectivity index (χ0n) is 19.0. The largest absolute Gasteiger partial charge is 0.361 e. The highest BCUT2D eigenvalue weighted by molar-refractivity contribution is 7.89. The summed E-state index contributed by atoms with van der Waals surface area (Å²) in [4.78, 5) is 29.4. The van der Waals surface area contributed by atoms with Crippen molar-refractivity contribution in [2.75, 3.05) is 26.2 Å². The van der Waals surface area contributed by atoms with E-state index in [1.165, 1.54) is 0 Å². The first-order valence-electron chi connectivity index (χ1n) is 11.2. The van der Waals surface area contributed by atoms with E-state index in [2.05, 4.69) is 25.7 Å². The minimum atomic E-state index is -3.67. The van der Waals surface area contributed by atoms with Crippen molar-refractivity contribution >= 4 is 32.7 Å². The summed E-state index contributed by atoms with van der Waals surface area (Å²) in [6, 6.07) is 13.8. The number of aromatic nitrogens is 1. The van der Waals surface area contributed by atoms with Crippen LogP contribution in [0.1, 0.15) is 28.8 Å². The molecule has 2 amide bonds. The first kappa shape index (κ1) is 23.9. The molecule has 180 valence electrons. The van der Waals surface area contributed by atoms with Gasteiger partial charge in [0.2, 0.25) is 15.9 Å². The summed E-state index contributed by atoms with van der Waals surface area (Å²) in [6.07, 6.45) is 2.68. The third-order valence-corrected chi connectivity index (χ3v) is 7.57. The Bertz CT molecular complexity index is 1280. The number of hydrogen-bond acceptors (Lipinski definition) is 5. The van der Waals surface area contributed by atoms with Gasteiger partial charge in [-0.25, -0.2) is 13.1 Å². The van der Waals surface area contributed by atoms with Gasteiger partial charge in [0.15, 0.2) is 0 Å². The first-order valence-corrected chi connectivity index (χ1v) is 12.7. The molecule has 9 nitrogen and oxygen atoms in total. The van der Waals surface area contributed by atoms with Gasteiger partial charge in [0.25, 0.3) is 5.91 Å². The van der Waals surface area contributed by atoms with Crippen LogP contribution in [0.3, 0.4) is 0 Å². The summed E-state index contributed by atoms with van der Waals surface area (Å²) in [5, 5.41) is 9.87. The van der Waals surface area contributed by atoms with Crippen LogP contribution in [0.2, 0.25) is 0 Å². The normalized spacial score (nSPS) is 15.7. The van der Waals surface area contributed by atoms with E-state index in [4.69, 9.17) is 0 Å². The number of fused-ring (bicyclic) bond motifs is 1. The molecule has 1 fully saturated rings. The predicted molar refractivity (Wildman–Crippen MR) is 130 cm³/mol. The molecule has 0 bridgehead atoms. The lowest BCUT2D eigenvalue weighted by Crippen LogP contribution is -2.63. The molecule has 0 spiro atoms. The van der Waals surface area contributed by atoms with Gasteiger partial charge in [-0.05, 0) is 69.3 Å². The highest BCUT2D eigenvalue weighted by atomic mass is 32.2. The summed E-state index contributed by atoms with van der Waals surface area (Å²) in [5.74, 6) is -0.639. The van der Waals surface area contributed by atoms with E-state index in [-0.39, 0.29) is 29.8 Å². The van der Waals surface area contributed by atoms with Crippen molar-refractivity contribution in [3.05, 3.63) is 65.9 Å². The average Bonchev–Trinajstić information content (AvgIpc) is 3.30. The second kappa shape index (κ2) is 9.96. The first-order chi connectivity index (χ1) is 16.3. The van der Waals surface area contributed by atoms with Crippen LogP contribution in [0.5, 0.6) is 0 Å². The van der Waals surface area contributed by atoms with Crippen molar-refractivity contribution < 1.29 is 18.0 Å². The Balaban J connectivity index is 1.38. The van der Waals surface area contributed by atoms with Gasteiger partial charge in [0.1, 0.15) is 5.54 Å². The zero-order chi connectivity index (χ0) is 24.2. The minimum Gasteiger partial charge on any atom is -0.361 e. The number of aromatic amines is 1. The Kier molecular flexibility index (Phi) is 7.01. The topological polar surface area (TPSA) is 132 Å². The van der Waals surface area contributed by atoms with Crippen LogP contribution in [-0.4, -0.2) is 56.9 Å². The molecule has 0 radical (unpaired) electrons. The Hall–Kier alpha value is -3.21. The zero-order valence-corrected chi connectivity index (χ0v) is 19.8. The standard InChI is InChI=1S/C24H29N5O4S/c1-17-2-5-20(6-3-17)34(32,33)28-15-14-27-23(31)24(9-12-25-13-10-24)29-22(30)19-4-7-21-18(16-19)8-11-26-21/h2-8,11,16,25-26,28H,9-10,12-15H2,1H3,(H,27,31)(H,29,30). The summed E-state index contributed by atoms with van der Waals surface area (Å²) < 4.78 is 27.4. The van der Waals surface area contributed by atoms with E-state index in [1.807, 2.05) is 19.1 Å². The van der Waals surface area contributed by atoms with Gasteiger partial charge in [-0.15, -0.1) is 0 Å². The van der Waals surface area contributed by atoms with Crippen molar-refractivity contribution in [2.24, 2.45) is 0 Å². The number of rotatable bonds is 8. The van der Waals surface area contributed by atoms with E-state index in [0.717, 1.165) is 16.5 Å². The van der Waals surface area contributed by atoms with Crippen molar-refractivity contribution in [2.45, 2.75) is 30.2 Å². The highest BCUT2D eigenvalue weighted by Gasteiger charge is 2.41. The van der Waals surface area contributed by atoms with Crippen molar-refractivity contribution in [3.63, 3.8) is 0 Å². The van der Waals surface area contributed by atoms with Gasteiger partial charge < -0.3 is 20.9 Å². The van der Waals surface area contributed by atoms with Crippen LogP contribution in [0.4, 0.5) is 0 Å². The molecule has 1 aliphatic heterocycles. The Morgan fingerprint density at radius 2 is 1.74 bits per heavy atom. The lowest BCUT2D eigenvalue weighted by atomic mass is 9.86. The van der Waals surface area contributed by atoms with E-state index in [0.29, 0.717) is 31.5 Å². The van der Waals surface area contributed by atoms with E-state index in [9.17, 15) is 18.0 Å². The van der Waals surface area contributed by atoms with Crippen LogP contribution >= 0.6 is 0 Å². The third kappa shape index (κ3) is 5.30. The van der Waals surface area contributed by atoms with Gasteiger partial charge in [0.05, 0.1) is 4.90 Å². The van der Waals surface area contributed by atoms with Gasteiger partial charge in [-0.3, -0.25) is 9.59 Å². The quantitative estimate of drug-likeness (QED) is 0.309. The van der Waals surface area contributed by atoms with Crippen molar-refractivity contribution in [3.8, 4) is 0 Å². The highest BCUT2D eigenvalue weighted by Crippen LogP contribution is 2.21. The Morgan fingerprint density at radius 1 is 1.00 bits per heavy atom. The van der Waals surface area contributed by atoms with E-state index in [1.54, 1.807) is 42.6 Å². The number of amides is 2. The fourth-order valence-electron chi connectivity index (χ4n) is 4.08. The maximum atomic E-state index is 13.2. The fourth-order valence-corrected chi connectivity index (χ4v) is 5.11. The molecule has 2 heterocycles. The molecule has 0 saturated carbocycles. The monoisotopic (exact) mass is 483 g/mol. The molecule has 0 unspecified atom stereocenters. The van der Waals surface area contributed by atoms with Crippen LogP contribution in [0.15, 0.2) is 59.6 Å². The molecular weight excluding hydrogens is 454 g/mol. The number of H-pyrrole nitrogens is 1. The SMILES string of the molecule is Cc1ccc(S(=O)(=O)NCCNC(=O)C2(NC(=O)c3ccc4[nH]ccc4c3)CCNCC2)cc1. The number of carbonyl (C=O) groups is 2. The minimum absolute atomic E-state index is 0.0361. The molecule has 4 rings (SSSR count). The number of piperidine rings is 1. The Labute approximate surface area is 198 Å². The molecular formula is C24H29N5O4S. The van der Waals surface area contributed by atoms with E-state index < -0.39 is 15.6 Å². The lowest BCUT2D eigenvalue weighted by Gasteiger charge is -2.37. The van der Waals surface area contributed by atoms with Gasteiger partial charge >= 0.3 is 0 Å². The van der Waals surface area contributed by atoms with Crippen LogP contribution in [0.25, 0.3) is 10.9 Å². The fraction of sp³-hybridized carbons (Fsp3) is 0.333. The number of benzene rings is 2. The summed E-state index contributed by atoms with van der Waals surface area (Å²) in [5.41, 5.74) is 1.31.